The molecule has 0 heterocycles. The summed E-state index contributed by atoms with van der Waals surface area (Å²) in [5, 5.41) is 0. The van der Waals surface area contributed by atoms with E-state index in [1.165, 1.54) is 12.8 Å². The molecule has 1 fully saturated rings. The summed E-state index contributed by atoms with van der Waals surface area (Å²) in [5.74, 6) is 0.911. The lowest BCUT2D eigenvalue weighted by molar-refractivity contribution is 0.144. The Labute approximate surface area is 103 Å². The number of rotatable bonds is 5. The molecule has 1 saturated carbocycles. The Morgan fingerprint density at radius 1 is 1.18 bits per heavy atom. The molecule has 0 amide bonds. The highest BCUT2D eigenvalue weighted by Gasteiger charge is 2.33. The van der Waals surface area contributed by atoms with Gasteiger partial charge in [-0.05, 0) is 18.9 Å². The van der Waals surface area contributed by atoms with Gasteiger partial charge in [0.2, 0.25) is 0 Å². The first-order chi connectivity index (χ1) is 8.26. The zero-order chi connectivity index (χ0) is 12.1. The minimum atomic E-state index is -0.191. The van der Waals surface area contributed by atoms with Crippen LogP contribution < -0.4 is 10.5 Å². The summed E-state index contributed by atoms with van der Waals surface area (Å²) in [6.07, 6.45) is 4.53. The standard InChI is InChI=1S/C14H21NO2/c1-16-10-11-17-13-7-3-2-6-12(13)14(15)8-4-5-9-14/h2-3,6-7H,4-5,8-11,15H2,1H3. The van der Waals surface area contributed by atoms with E-state index in [1.807, 2.05) is 18.2 Å². The third kappa shape index (κ3) is 2.79. The molecule has 17 heavy (non-hydrogen) atoms. The van der Waals surface area contributed by atoms with Gasteiger partial charge < -0.3 is 15.2 Å². The van der Waals surface area contributed by atoms with Gasteiger partial charge in [-0.1, -0.05) is 31.0 Å². The van der Waals surface area contributed by atoms with Crippen molar-refractivity contribution in [2.24, 2.45) is 5.73 Å². The summed E-state index contributed by atoms with van der Waals surface area (Å²) in [5.41, 5.74) is 7.43. The summed E-state index contributed by atoms with van der Waals surface area (Å²) >= 11 is 0. The van der Waals surface area contributed by atoms with Crippen molar-refractivity contribution < 1.29 is 9.47 Å². The summed E-state index contributed by atoms with van der Waals surface area (Å²) in [6, 6.07) is 8.11. The molecule has 0 bridgehead atoms. The molecule has 0 spiro atoms. The molecule has 0 unspecified atom stereocenters. The van der Waals surface area contributed by atoms with Crippen LogP contribution in [0.5, 0.6) is 5.75 Å². The SMILES string of the molecule is COCCOc1ccccc1C1(N)CCCC1. The first-order valence-electron chi connectivity index (χ1n) is 6.26. The predicted octanol–water partition coefficient (Wildman–Crippen LogP) is 2.44. The van der Waals surface area contributed by atoms with Crippen LogP contribution in [0.25, 0.3) is 0 Å². The van der Waals surface area contributed by atoms with E-state index in [9.17, 15) is 0 Å². The van der Waals surface area contributed by atoms with Crippen LogP contribution in [0.1, 0.15) is 31.2 Å². The van der Waals surface area contributed by atoms with Crippen molar-refractivity contribution in [2.45, 2.75) is 31.2 Å². The average molecular weight is 235 g/mol. The second kappa shape index (κ2) is 5.52. The molecule has 2 rings (SSSR count). The van der Waals surface area contributed by atoms with Crippen LogP contribution in [0, 0.1) is 0 Å². The minimum absolute atomic E-state index is 0.191. The lowest BCUT2D eigenvalue weighted by Gasteiger charge is -2.26. The monoisotopic (exact) mass is 235 g/mol. The highest BCUT2D eigenvalue weighted by atomic mass is 16.5. The van der Waals surface area contributed by atoms with E-state index in [1.54, 1.807) is 7.11 Å². The molecule has 94 valence electrons. The maximum atomic E-state index is 6.47. The van der Waals surface area contributed by atoms with E-state index >= 15 is 0 Å². The van der Waals surface area contributed by atoms with Crippen LogP contribution in [-0.4, -0.2) is 20.3 Å². The van der Waals surface area contributed by atoms with Crippen molar-refractivity contribution in [2.75, 3.05) is 20.3 Å². The van der Waals surface area contributed by atoms with Gasteiger partial charge in [-0.25, -0.2) is 0 Å². The molecule has 2 N–H and O–H groups in total. The van der Waals surface area contributed by atoms with E-state index in [0.29, 0.717) is 13.2 Å². The van der Waals surface area contributed by atoms with Crippen LogP contribution in [0.3, 0.4) is 0 Å². The smallest absolute Gasteiger partial charge is 0.124 e. The van der Waals surface area contributed by atoms with Crippen LogP contribution in [0.4, 0.5) is 0 Å². The average Bonchev–Trinajstić information content (AvgIpc) is 2.78. The van der Waals surface area contributed by atoms with E-state index in [2.05, 4.69) is 6.07 Å². The highest BCUT2D eigenvalue weighted by molar-refractivity contribution is 5.39. The van der Waals surface area contributed by atoms with Gasteiger partial charge in [-0.3, -0.25) is 0 Å². The Balaban J connectivity index is 2.15. The zero-order valence-corrected chi connectivity index (χ0v) is 10.4. The van der Waals surface area contributed by atoms with Gasteiger partial charge in [0.05, 0.1) is 6.61 Å². The van der Waals surface area contributed by atoms with Crippen molar-refractivity contribution in [1.82, 2.24) is 0 Å². The Morgan fingerprint density at radius 3 is 2.59 bits per heavy atom. The lowest BCUT2D eigenvalue weighted by atomic mass is 9.89. The highest BCUT2D eigenvalue weighted by Crippen LogP contribution is 2.40. The Hall–Kier alpha value is -1.06. The maximum absolute atomic E-state index is 6.47. The molecule has 0 radical (unpaired) electrons. The van der Waals surface area contributed by atoms with Gasteiger partial charge >= 0.3 is 0 Å². The second-order valence-corrected chi connectivity index (χ2v) is 4.70. The molecule has 1 aromatic rings. The molecule has 0 aromatic heterocycles. The molecule has 0 atom stereocenters. The van der Waals surface area contributed by atoms with Gasteiger partial charge in [-0.2, -0.15) is 0 Å². The van der Waals surface area contributed by atoms with Crippen LogP contribution in [0.15, 0.2) is 24.3 Å². The molecule has 1 aliphatic carbocycles. The second-order valence-electron chi connectivity index (χ2n) is 4.70. The molecular weight excluding hydrogens is 214 g/mol. The number of hydrogen-bond acceptors (Lipinski definition) is 3. The molecule has 3 heteroatoms. The van der Waals surface area contributed by atoms with E-state index in [4.69, 9.17) is 15.2 Å². The fourth-order valence-corrected chi connectivity index (χ4v) is 2.51. The van der Waals surface area contributed by atoms with Crippen molar-refractivity contribution >= 4 is 0 Å². The third-order valence-corrected chi connectivity index (χ3v) is 3.46. The van der Waals surface area contributed by atoms with Gasteiger partial charge in [-0.15, -0.1) is 0 Å². The van der Waals surface area contributed by atoms with Crippen LogP contribution in [0.2, 0.25) is 0 Å². The number of para-hydroxylation sites is 1. The fraction of sp³-hybridized carbons (Fsp3) is 0.571. The number of hydrogen-bond donors (Lipinski definition) is 1. The fourth-order valence-electron chi connectivity index (χ4n) is 2.51. The van der Waals surface area contributed by atoms with E-state index < -0.39 is 0 Å². The number of nitrogens with two attached hydrogens (primary N) is 1. The van der Waals surface area contributed by atoms with Gasteiger partial charge in [0.1, 0.15) is 12.4 Å². The molecule has 0 aliphatic heterocycles. The van der Waals surface area contributed by atoms with Crippen LogP contribution in [-0.2, 0) is 10.3 Å². The third-order valence-electron chi connectivity index (χ3n) is 3.46. The maximum Gasteiger partial charge on any atom is 0.124 e. The summed E-state index contributed by atoms with van der Waals surface area (Å²) in [6.45, 7) is 1.18. The molecule has 1 aliphatic rings. The quantitative estimate of drug-likeness (QED) is 0.797. The number of methoxy groups -OCH3 is 1. The number of benzene rings is 1. The molecule has 3 nitrogen and oxygen atoms in total. The predicted molar refractivity (Wildman–Crippen MR) is 68.1 cm³/mol. The molecule has 0 saturated heterocycles. The largest absolute Gasteiger partial charge is 0.491 e. The Kier molecular flexibility index (Phi) is 4.02. The normalized spacial score (nSPS) is 18.2. The zero-order valence-electron chi connectivity index (χ0n) is 10.4. The Morgan fingerprint density at radius 2 is 1.88 bits per heavy atom. The molecular formula is C14H21NO2. The van der Waals surface area contributed by atoms with Crippen LogP contribution >= 0.6 is 0 Å². The van der Waals surface area contributed by atoms with Crippen molar-refractivity contribution in [3.8, 4) is 5.75 Å². The minimum Gasteiger partial charge on any atom is -0.491 e. The van der Waals surface area contributed by atoms with E-state index in [0.717, 1.165) is 24.2 Å². The molecule has 1 aromatic carbocycles. The first kappa shape index (κ1) is 12.4. The summed E-state index contributed by atoms with van der Waals surface area (Å²) in [7, 11) is 1.68. The first-order valence-corrected chi connectivity index (χ1v) is 6.26. The van der Waals surface area contributed by atoms with Crippen molar-refractivity contribution in [1.29, 1.82) is 0 Å². The van der Waals surface area contributed by atoms with Gasteiger partial charge in [0.25, 0.3) is 0 Å². The van der Waals surface area contributed by atoms with Crippen molar-refractivity contribution in [3.63, 3.8) is 0 Å². The van der Waals surface area contributed by atoms with Crippen molar-refractivity contribution in [3.05, 3.63) is 29.8 Å². The Bertz CT molecular complexity index is 359. The topological polar surface area (TPSA) is 44.5 Å². The van der Waals surface area contributed by atoms with Gasteiger partial charge in [0, 0.05) is 18.2 Å². The lowest BCUT2D eigenvalue weighted by Crippen LogP contribution is -2.33. The summed E-state index contributed by atoms with van der Waals surface area (Å²) in [4.78, 5) is 0. The van der Waals surface area contributed by atoms with Gasteiger partial charge in [0.15, 0.2) is 0 Å². The summed E-state index contributed by atoms with van der Waals surface area (Å²) < 4.78 is 10.7. The number of ether oxygens (including phenoxy) is 2. The van der Waals surface area contributed by atoms with E-state index in [-0.39, 0.29) is 5.54 Å².